The summed E-state index contributed by atoms with van der Waals surface area (Å²) in [6.07, 6.45) is 0. The van der Waals surface area contributed by atoms with Crippen LogP contribution in [0.4, 0.5) is 13.4 Å². The van der Waals surface area contributed by atoms with Gasteiger partial charge in [0.25, 0.3) is 0 Å². The standard InChI is InChI=1S/C2H3F3N2/c1-2(6-3)7(4)5/h1H3. The van der Waals surface area contributed by atoms with Crippen molar-refractivity contribution in [2.45, 2.75) is 6.92 Å². The van der Waals surface area contributed by atoms with Crippen molar-refractivity contribution < 1.29 is 13.4 Å². The molecule has 0 aromatic carbocycles. The smallest absolute Gasteiger partial charge is 0.0735 e. The average Bonchev–Trinajstić information content (AvgIpc) is 1.65. The Bertz CT molecular complexity index is 79.0. The van der Waals surface area contributed by atoms with Crippen LogP contribution in [0.5, 0.6) is 0 Å². The van der Waals surface area contributed by atoms with Gasteiger partial charge in [-0.1, -0.05) is 18.7 Å². The van der Waals surface area contributed by atoms with Gasteiger partial charge < -0.3 is 0 Å². The summed E-state index contributed by atoms with van der Waals surface area (Å²) in [5, 5.41) is 0.278. The van der Waals surface area contributed by atoms with E-state index in [0.29, 0.717) is 0 Å². The largest absolute Gasteiger partial charge is 0.199 e. The molecule has 0 unspecified atom stereocenters. The lowest BCUT2D eigenvalue weighted by Crippen LogP contribution is -2.06. The predicted molar refractivity (Wildman–Crippen MR) is 18.3 cm³/mol. The van der Waals surface area contributed by atoms with Crippen molar-refractivity contribution in [3.63, 3.8) is 0 Å². The van der Waals surface area contributed by atoms with Crippen LogP contribution >= 0.6 is 0 Å². The third-order valence-corrected chi connectivity index (χ3v) is 0.367. The fourth-order valence-corrected chi connectivity index (χ4v) is 0.0286. The molecule has 5 heteroatoms. The lowest BCUT2D eigenvalue weighted by molar-refractivity contribution is -0.0759. The van der Waals surface area contributed by atoms with Crippen molar-refractivity contribution in [2.75, 3.05) is 0 Å². The van der Waals surface area contributed by atoms with Crippen LogP contribution in [0.2, 0.25) is 0 Å². The molecule has 0 atom stereocenters. The van der Waals surface area contributed by atoms with E-state index in [-0.39, 0.29) is 0 Å². The van der Waals surface area contributed by atoms with Gasteiger partial charge in [-0.05, 0) is 5.34 Å². The summed E-state index contributed by atoms with van der Waals surface area (Å²) in [5.74, 6) is -0.944. The highest BCUT2D eigenvalue weighted by molar-refractivity contribution is 5.76. The summed E-state index contributed by atoms with van der Waals surface area (Å²) in [6.45, 7) is 0.847. The molecular weight excluding hydrogens is 109 g/mol. The predicted octanol–water partition coefficient (Wildman–Crippen LogP) is 1.36. The van der Waals surface area contributed by atoms with Gasteiger partial charge in [-0.25, -0.2) is 0 Å². The molecule has 0 rings (SSSR count). The molecule has 42 valence electrons. The topological polar surface area (TPSA) is 15.6 Å². The van der Waals surface area contributed by atoms with Crippen molar-refractivity contribution in [1.82, 2.24) is 5.34 Å². The minimum absolute atomic E-state index is 0.847. The monoisotopic (exact) mass is 112 g/mol. The third kappa shape index (κ3) is 2.02. The third-order valence-electron chi connectivity index (χ3n) is 0.367. The Labute approximate surface area is 38.1 Å². The van der Waals surface area contributed by atoms with Crippen molar-refractivity contribution >= 4 is 5.84 Å². The quantitative estimate of drug-likeness (QED) is 0.262. The molecular formula is C2H3F3N2. The second-order valence-corrected chi connectivity index (χ2v) is 0.865. The normalized spacial score (nSPS) is 11.7. The van der Waals surface area contributed by atoms with Gasteiger partial charge in [0.15, 0.2) is 5.84 Å². The van der Waals surface area contributed by atoms with Crippen LogP contribution in [0.15, 0.2) is 5.21 Å². The minimum atomic E-state index is -1.40. The van der Waals surface area contributed by atoms with Crippen LogP contribution in [0, 0.1) is 0 Å². The molecule has 2 nitrogen and oxygen atoms in total. The second kappa shape index (κ2) is 2.44. The molecule has 0 radical (unpaired) electrons. The maximum atomic E-state index is 10.9. The Kier molecular flexibility index (Phi) is 2.18. The molecule has 0 aliphatic carbocycles. The van der Waals surface area contributed by atoms with Gasteiger partial charge in [0.05, 0.1) is 0 Å². The van der Waals surface area contributed by atoms with Gasteiger partial charge in [-0.2, -0.15) is 0 Å². The molecule has 0 aliphatic heterocycles. The van der Waals surface area contributed by atoms with E-state index < -0.39 is 11.2 Å². The van der Waals surface area contributed by atoms with Gasteiger partial charge in [0.1, 0.15) is 0 Å². The summed E-state index contributed by atoms with van der Waals surface area (Å²) < 4.78 is 32.5. The molecule has 0 fully saturated rings. The Morgan fingerprint density at radius 2 is 2.00 bits per heavy atom. The van der Waals surface area contributed by atoms with Gasteiger partial charge in [0.2, 0.25) is 0 Å². The number of nitrogens with zero attached hydrogens (tertiary/aromatic N) is 2. The summed E-state index contributed by atoms with van der Waals surface area (Å²) in [6, 6.07) is 0. The molecule has 0 saturated heterocycles. The summed E-state index contributed by atoms with van der Waals surface area (Å²) >= 11 is 0. The van der Waals surface area contributed by atoms with E-state index in [1.807, 2.05) is 0 Å². The highest BCUT2D eigenvalue weighted by Crippen LogP contribution is 1.91. The van der Waals surface area contributed by atoms with Gasteiger partial charge in [0, 0.05) is 6.92 Å². The first-order chi connectivity index (χ1) is 3.18. The van der Waals surface area contributed by atoms with Crippen molar-refractivity contribution in [2.24, 2.45) is 5.21 Å². The molecule has 0 saturated carbocycles. The molecule has 0 spiro atoms. The fourth-order valence-electron chi connectivity index (χ4n) is 0.0286. The van der Waals surface area contributed by atoms with Crippen molar-refractivity contribution in [3.8, 4) is 0 Å². The molecule has 0 aromatic rings. The first kappa shape index (κ1) is 6.26. The molecule has 0 bridgehead atoms. The van der Waals surface area contributed by atoms with Crippen molar-refractivity contribution in [1.29, 1.82) is 0 Å². The number of halogens is 3. The zero-order valence-electron chi connectivity index (χ0n) is 3.53. The van der Waals surface area contributed by atoms with E-state index >= 15 is 0 Å². The molecule has 0 amide bonds. The number of rotatable bonds is 0. The maximum absolute atomic E-state index is 10.9. The molecule has 7 heavy (non-hydrogen) atoms. The van der Waals surface area contributed by atoms with E-state index in [9.17, 15) is 13.4 Å². The Morgan fingerprint density at radius 3 is 2.00 bits per heavy atom. The first-order valence-corrected chi connectivity index (χ1v) is 1.45. The van der Waals surface area contributed by atoms with E-state index in [2.05, 4.69) is 0 Å². The van der Waals surface area contributed by atoms with E-state index in [1.165, 1.54) is 0 Å². The van der Waals surface area contributed by atoms with E-state index in [1.54, 1.807) is 5.21 Å². The zero-order chi connectivity index (χ0) is 5.86. The number of amidine groups is 1. The summed E-state index contributed by atoms with van der Waals surface area (Å²) in [4.78, 5) is 0. The van der Waals surface area contributed by atoms with Crippen LogP contribution in [0.3, 0.4) is 0 Å². The van der Waals surface area contributed by atoms with E-state index in [4.69, 9.17) is 0 Å². The molecule has 0 aliphatic rings. The number of hydrogen-bond donors (Lipinski definition) is 0. The highest BCUT2D eigenvalue weighted by atomic mass is 19.4. The van der Waals surface area contributed by atoms with Gasteiger partial charge >= 0.3 is 0 Å². The lowest BCUT2D eigenvalue weighted by atomic mass is 10.7. The van der Waals surface area contributed by atoms with Crippen LogP contribution < -0.4 is 0 Å². The Morgan fingerprint density at radius 1 is 1.57 bits per heavy atom. The first-order valence-electron chi connectivity index (χ1n) is 1.45. The van der Waals surface area contributed by atoms with E-state index in [0.717, 1.165) is 6.92 Å². The fraction of sp³-hybridized carbons (Fsp3) is 0.500. The zero-order valence-corrected chi connectivity index (χ0v) is 3.53. The summed E-state index contributed by atoms with van der Waals surface area (Å²) in [5.41, 5.74) is 0. The SMILES string of the molecule is CC(=NF)N(F)F. The van der Waals surface area contributed by atoms with Gasteiger partial charge in [-0.15, -0.1) is 0 Å². The Balaban J connectivity index is 3.56. The molecule has 0 heterocycles. The molecule has 0 N–H and O–H groups in total. The lowest BCUT2D eigenvalue weighted by Gasteiger charge is -1.92. The van der Waals surface area contributed by atoms with Crippen LogP contribution in [0.25, 0.3) is 0 Å². The van der Waals surface area contributed by atoms with Crippen LogP contribution in [0.1, 0.15) is 6.92 Å². The average molecular weight is 112 g/mol. The maximum Gasteiger partial charge on any atom is 0.199 e. The molecule has 0 aromatic heterocycles. The Hall–Kier alpha value is -0.740. The van der Waals surface area contributed by atoms with Gasteiger partial charge in [-0.3, -0.25) is 0 Å². The second-order valence-electron chi connectivity index (χ2n) is 0.865. The number of hydrogen-bond acceptors (Lipinski definition) is 1. The van der Waals surface area contributed by atoms with Crippen LogP contribution in [-0.2, 0) is 0 Å². The highest BCUT2D eigenvalue weighted by Gasteiger charge is 1.99. The summed E-state index contributed by atoms with van der Waals surface area (Å²) in [7, 11) is 0. The van der Waals surface area contributed by atoms with Crippen LogP contribution in [-0.4, -0.2) is 11.2 Å². The minimum Gasteiger partial charge on any atom is -0.0735 e. The van der Waals surface area contributed by atoms with Crippen molar-refractivity contribution in [3.05, 3.63) is 0 Å².